The second-order valence-electron chi connectivity index (χ2n) is 9.52. The molecule has 3 fully saturated rings. The predicted molar refractivity (Wildman–Crippen MR) is 91.4 cm³/mol. The van der Waals surface area contributed by atoms with Gasteiger partial charge in [-0.05, 0) is 62.2 Å². The zero-order valence-corrected chi connectivity index (χ0v) is 15.5. The van der Waals surface area contributed by atoms with Gasteiger partial charge in [-0.25, -0.2) is 0 Å². The molecule has 0 radical (unpaired) electrons. The Bertz CT molecular complexity index is 556. The lowest BCUT2D eigenvalue weighted by molar-refractivity contribution is -0.184. The van der Waals surface area contributed by atoms with Gasteiger partial charge in [0.25, 0.3) is 0 Å². The van der Waals surface area contributed by atoms with Gasteiger partial charge in [0.1, 0.15) is 5.78 Å². The Kier molecular flexibility index (Phi) is 4.14. The molecule has 0 aromatic rings. The number of rotatable bonds is 2. The molecule has 3 aliphatic rings. The number of hydrogen-bond acceptors (Lipinski definition) is 3. The van der Waals surface area contributed by atoms with Crippen LogP contribution in [-0.2, 0) is 9.59 Å². The summed E-state index contributed by atoms with van der Waals surface area (Å²) in [6.07, 6.45) is 5.09. The summed E-state index contributed by atoms with van der Waals surface area (Å²) in [5.41, 5.74) is -1.63. The van der Waals surface area contributed by atoms with Crippen molar-refractivity contribution in [1.82, 2.24) is 0 Å². The fourth-order valence-corrected chi connectivity index (χ4v) is 6.31. The zero-order chi connectivity index (χ0) is 17.9. The number of fused-ring (bicyclic) bond motifs is 3. The average molecular weight is 336 g/mol. The van der Waals surface area contributed by atoms with Crippen LogP contribution in [0.25, 0.3) is 0 Å². The lowest BCUT2D eigenvalue weighted by Gasteiger charge is -2.60. The van der Waals surface area contributed by atoms with Gasteiger partial charge in [-0.15, -0.1) is 0 Å². The Morgan fingerprint density at radius 1 is 1.21 bits per heavy atom. The third-order valence-electron chi connectivity index (χ3n) is 8.15. The first-order valence-corrected chi connectivity index (χ1v) is 9.53. The SMILES string of the molecule is CC(C)C1(O)CCC2C(C1)C(=O)CC1C(C)(C(=O)O)CCCC21C. The molecule has 6 unspecified atom stereocenters. The van der Waals surface area contributed by atoms with Crippen molar-refractivity contribution in [2.45, 2.75) is 78.2 Å². The van der Waals surface area contributed by atoms with E-state index in [1.165, 1.54) is 0 Å². The van der Waals surface area contributed by atoms with Crippen molar-refractivity contribution in [3.05, 3.63) is 0 Å². The van der Waals surface area contributed by atoms with Gasteiger partial charge in [0.05, 0.1) is 11.0 Å². The number of ketones is 1. The van der Waals surface area contributed by atoms with Crippen molar-refractivity contribution in [2.75, 3.05) is 0 Å². The number of carboxylic acid groups (broad SMARTS) is 1. The molecule has 24 heavy (non-hydrogen) atoms. The minimum Gasteiger partial charge on any atom is -0.481 e. The lowest BCUT2D eigenvalue weighted by Crippen LogP contribution is -2.60. The smallest absolute Gasteiger partial charge is 0.309 e. The molecular weight excluding hydrogens is 304 g/mol. The molecule has 6 atom stereocenters. The van der Waals surface area contributed by atoms with Gasteiger partial charge in [-0.3, -0.25) is 9.59 Å². The lowest BCUT2D eigenvalue weighted by atomic mass is 9.43. The van der Waals surface area contributed by atoms with Crippen molar-refractivity contribution >= 4 is 11.8 Å². The van der Waals surface area contributed by atoms with Crippen molar-refractivity contribution < 1.29 is 19.8 Å². The van der Waals surface area contributed by atoms with Crippen molar-refractivity contribution in [3.8, 4) is 0 Å². The first-order chi connectivity index (χ1) is 11.0. The molecule has 4 heteroatoms. The Morgan fingerprint density at radius 2 is 1.88 bits per heavy atom. The summed E-state index contributed by atoms with van der Waals surface area (Å²) in [5, 5.41) is 20.8. The van der Waals surface area contributed by atoms with E-state index in [2.05, 4.69) is 6.92 Å². The highest BCUT2D eigenvalue weighted by molar-refractivity contribution is 5.85. The Morgan fingerprint density at radius 3 is 2.46 bits per heavy atom. The fourth-order valence-electron chi connectivity index (χ4n) is 6.31. The zero-order valence-electron chi connectivity index (χ0n) is 15.5. The number of hydrogen-bond donors (Lipinski definition) is 2. The number of carboxylic acids is 1. The highest BCUT2D eigenvalue weighted by atomic mass is 16.4. The topological polar surface area (TPSA) is 74.6 Å². The minimum atomic E-state index is -0.792. The van der Waals surface area contributed by atoms with E-state index in [9.17, 15) is 19.8 Å². The van der Waals surface area contributed by atoms with E-state index in [0.717, 1.165) is 25.7 Å². The van der Waals surface area contributed by atoms with Crippen LogP contribution in [0.1, 0.15) is 72.6 Å². The van der Waals surface area contributed by atoms with E-state index in [1.807, 2.05) is 20.8 Å². The predicted octanol–water partition coefficient (Wildman–Crippen LogP) is 3.66. The van der Waals surface area contributed by atoms with Gasteiger partial charge in [0.15, 0.2) is 0 Å². The van der Waals surface area contributed by atoms with Gasteiger partial charge in [0, 0.05) is 12.3 Å². The standard InChI is InChI=1S/C20H32O4/c1-12(2)20(24)9-6-14-13(11-20)15(21)10-16-18(14,3)7-5-8-19(16,4)17(22)23/h12-14,16,24H,5-11H2,1-4H3,(H,22,23). The molecule has 3 rings (SSSR count). The Balaban J connectivity index is 1.96. The van der Waals surface area contributed by atoms with Gasteiger partial charge in [-0.1, -0.05) is 27.2 Å². The summed E-state index contributed by atoms with van der Waals surface area (Å²) in [6.45, 7) is 8.13. The molecule has 0 aromatic carbocycles. The molecule has 136 valence electrons. The molecule has 2 N–H and O–H groups in total. The average Bonchev–Trinajstić information content (AvgIpc) is 2.49. The maximum Gasteiger partial charge on any atom is 0.309 e. The summed E-state index contributed by atoms with van der Waals surface area (Å²) in [4.78, 5) is 24.9. The second kappa shape index (κ2) is 5.55. The first-order valence-electron chi connectivity index (χ1n) is 9.53. The summed E-state index contributed by atoms with van der Waals surface area (Å²) >= 11 is 0. The number of aliphatic carboxylic acids is 1. The first kappa shape index (κ1) is 17.9. The third kappa shape index (κ3) is 2.36. The Hall–Kier alpha value is -0.900. The molecule has 0 amide bonds. The van der Waals surface area contributed by atoms with Crippen molar-refractivity contribution in [3.63, 3.8) is 0 Å². The van der Waals surface area contributed by atoms with Gasteiger partial charge in [-0.2, -0.15) is 0 Å². The van der Waals surface area contributed by atoms with Crippen LogP contribution in [0.4, 0.5) is 0 Å². The fraction of sp³-hybridized carbons (Fsp3) is 0.900. The summed E-state index contributed by atoms with van der Waals surface area (Å²) in [5.74, 6) is -0.359. The minimum absolute atomic E-state index is 0.0738. The highest BCUT2D eigenvalue weighted by Gasteiger charge is 2.62. The molecule has 0 spiro atoms. The molecule has 0 heterocycles. The maximum absolute atomic E-state index is 12.9. The van der Waals surface area contributed by atoms with Crippen LogP contribution in [0.2, 0.25) is 0 Å². The van der Waals surface area contributed by atoms with Gasteiger partial charge >= 0.3 is 5.97 Å². The Labute approximate surface area is 145 Å². The van der Waals surface area contributed by atoms with Crippen molar-refractivity contribution in [1.29, 1.82) is 0 Å². The molecule has 4 nitrogen and oxygen atoms in total. The number of Topliss-reactive ketones (excluding diaryl/α,β-unsaturated/α-hetero) is 1. The van der Waals surface area contributed by atoms with E-state index < -0.39 is 17.0 Å². The number of carbonyl (C=O) groups is 2. The highest BCUT2D eigenvalue weighted by Crippen LogP contribution is 2.64. The van der Waals surface area contributed by atoms with E-state index in [0.29, 0.717) is 19.3 Å². The van der Waals surface area contributed by atoms with Crippen LogP contribution < -0.4 is 0 Å². The third-order valence-corrected chi connectivity index (χ3v) is 8.15. The molecule has 0 saturated heterocycles. The van der Waals surface area contributed by atoms with E-state index in [4.69, 9.17) is 0 Å². The van der Waals surface area contributed by atoms with Crippen LogP contribution in [-0.4, -0.2) is 27.6 Å². The second-order valence-corrected chi connectivity index (χ2v) is 9.52. The molecule has 0 aromatic heterocycles. The van der Waals surface area contributed by atoms with Crippen LogP contribution in [0.5, 0.6) is 0 Å². The van der Waals surface area contributed by atoms with Crippen LogP contribution in [0, 0.1) is 34.5 Å². The molecule has 0 bridgehead atoms. The van der Waals surface area contributed by atoms with E-state index in [-0.39, 0.29) is 34.9 Å². The van der Waals surface area contributed by atoms with Crippen LogP contribution in [0.15, 0.2) is 0 Å². The van der Waals surface area contributed by atoms with Crippen LogP contribution >= 0.6 is 0 Å². The van der Waals surface area contributed by atoms with Gasteiger partial charge < -0.3 is 10.2 Å². The van der Waals surface area contributed by atoms with E-state index >= 15 is 0 Å². The molecule has 3 saturated carbocycles. The normalized spacial score (nSPS) is 48.8. The van der Waals surface area contributed by atoms with E-state index in [1.54, 1.807) is 0 Å². The number of aliphatic hydroxyl groups is 1. The number of carbonyl (C=O) groups excluding carboxylic acids is 1. The maximum atomic E-state index is 12.9. The monoisotopic (exact) mass is 336 g/mol. The summed E-state index contributed by atoms with van der Waals surface area (Å²) in [7, 11) is 0. The summed E-state index contributed by atoms with van der Waals surface area (Å²) in [6, 6.07) is 0. The van der Waals surface area contributed by atoms with Crippen molar-refractivity contribution in [2.24, 2.45) is 34.5 Å². The van der Waals surface area contributed by atoms with Gasteiger partial charge in [0.2, 0.25) is 0 Å². The largest absolute Gasteiger partial charge is 0.481 e. The molecule has 0 aliphatic heterocycles. The quantitative estimate of drug-likeness (QED) is 0.807. The molecule has 3 aliphatic carbocycles. The summed E-state index contributed by atoms with van der Waals surface area (Å²) < 4.78 is 0. The molecular formula is C20H32O4. The van der Waals surface area contributed by atoms with Crippen LogP contribution in [0.3, 0.4) is 0 Å².